The number of aromatic nitrogens is 3. The number of likely N-dealkylation sites (tertiary alicyclic amines) is 1. The van der Waals surface area contributed by atoms with E-state index in [1.807, 2.05) is 58.9 Å². The summed E-state index contributed by atoms with van der Waals surface area (Å²) < 4.78 is 1.85. The lowest BCUT2D eigenvalue weighted by Gasteiger charge is -2.23. The third-order valence-electron chi connectivity index (χ3n) is 5.03. The lowest BCUT2D eigenvalue weighted by molar-refractivity contribution is 0.0733. The molecule has 1 amide bonds. The smallest absolute Gasteiger partial charge is 0.254 e. The molecule has 1 atom stereocenters. The Balaban J connectivity index is 1.63. The van der Waals surface area contributed by atoms with E-state index in [1.165, 1.54) is 0 Å². The van der Waals surface area contributed by atoms with E-state index >= 15 is 0 Å². The molecule has 1 unspecified atom stereocenters. The molecule has 0 bridgehead atoms. The first-order valence-corrected chi connectivity index (χ1v) is 8.90. The summed E-state index contributed by atoms with van der Waals surface area (Å²) in [5.74, 6) is 0.142. The van der Waals surface area contributed by atoms with E-state index in [0.29, 0.717) is 6.04 Å². The molecule has 128 valence electrons. The van der Waals surface area contributed by atoms with Crippen molar-refractivity contribution in [3.63, 3.8) is 0 Å². The van der Waals surface area contributed by atoms with Crippen LogP contribution in [0.2, 0.25) is 0 Å². The Hall–Kier alpha value is -2.69. The van der Waals surface area contributed by atoms with Crippen LogP contribution in [0, 0.1) is 6.92 Å². The van der Waals surface area contributed by atoms with Crippen molar-refractivity contribution in [3.05, 3.63) is 53.9 Å². The summed E-state index contributed by atoms with van der Waals surface area (Å²) in [4.78, 5) is 19.2. The highest BCUT2D eigenvalue weighted by Gasteiger charge is 2.27. The molecule has 0 radical (unpaired) electrons. The van der Waals surface area contributed by atoms with Crippen LogP contribution in [-0.2, 0) is 0 Å². The van der Waals surface area contributed by atoms with Gasteiger partial charge in [-0.25, -0.2) is 9.50 Å². The summed E-state index contributed by atoms with van der Waals surface area (Å²) in [7, 11) is 0. The quantitative estimate of drug-likeness (QED) is 0.733. The van der Waals surface area contributed by atoms with Crippen LogP contribution in [0.4, 0.5) is 0 Å². The van der Waals surface area contributed by atoms with Gasteiger partial charge in [-0.2, -0.15) is 5.10 Å². The highest BCUT2D eigenvalue weighted by molar-refractivity contribution is 5.95. The van der Waals surface area contributed by atoms with E-state index in [9.17, 15) is 4.79 Å². The second-order valence-electron chi connectivity index (χ2n) is 6.67. The Morgan fingerprint density at radius 2 is 2.00 bits per heavy atom. The van der Waals surface area contributed by atoms with Crippen molar-refractivity contribution in [2.24, 2.45) is 0 Å². The highest BCUT2D eigenvalue weighted by Crippen LogP contribution is 2.24. The first-order valence-electron chi connectivity index (χ1n) is 8.90. The number of aryl methyl sites for hydroxylation is 1. The van der Waals surface area contributed by atoms with Gasteiger partial charge in [0.2, 0.25) is 0 Å². The zero-order chi connectivity index (χ0) is 17.4. The van der Waals surface area contributed by atoms with Crippen molar-refractivity contribution in [1.29, 1.82) is 0 Å². The largest absolute Gasteiger partial charge is 0.336 e. The van der Waals surface area contributed by atoms with Gasteiger partial charge in [0.05, 0.1) is 17.6 Å². The van der Waals surface area contributed by atoms with Gasteiger partial charge < -0.3 is 4.90 Å². The summed E-state index contributed by atoms with van der Waals surface area (Å²) in [6.07, 6.45) is 5.07. The van der Waals surface area contributed by atoms with Gasteiger partial charge in [0, 0.05) is 23.7 Å². The molecular weight excluding hydrogens is 312 g/mol. The maximum absolute atomic E-state index is 12.8. The molecule has 5 heteroatoms. The predicted molar refractivity (Wildman–Crippen MR) is 97.5 cm³/mol. The van der Waals surface area contributed by atoms with E-state index in [0.717, 1.165) is 54.0 Å². The number of amides is 1. The Labute approximate surface area is 147 Å². The molecule has 1 aromatic carbocycles. The monoisotopic (exact) mass is 334 g/mol. The molecule has 5 nitrogen and oxygen atoms in total. The Kier molecular flexibility index (Phi) is 3.99. The van der Waals surface area contributed by atoms with Crippen LogP contribution in [0.15, 0.2) is 42.6 Å². The average Bonchev–Trinajstić information content (AvgIpc) is 3.27. The topological polar surface area (TPSA) is 50.5 Å². The third kappa shape index (κ3) is 2.80. The molecule has 0 N–H and O–H groups in total. The molecule has 1 aliphatic heterocycles. The molecule has 1 fully saturated rings. The van der Waals surface area contributed by atoms with Crippen molar-refractivity contribution in [2.75, 3.05) is 6.54 Å². The molecule has 2 aromatic heterocycles. The zero-order valence-corrected chi connectivity index (χ0v) is 14.6. The molecule has 3 heterocycles. The van der Waals surface area contributed by atoms with Crippen molar-refractivity contribution in [1.82, 2.24) is 19.5 Å². The Morgan fingerprint density at radius 1 is 1.20 bits per heavy atom. The summed E-state index contributed by atoms with van der Waals surface area (Å²) >= 11 is 0. The fraction of sp³-hybridized carbons (Fsp3) is 0.350. The fourth-order valence-corrected chi connectivity index (χ4v) is 3.64. The fourth-order valence-electron chi connectivity index (χ4n) is 3.64. The van der Waals surface area contributed by atoms with Gasteiger partial charge in [0.15, 0.2) is 5.65 Å². The first kappa shape index (κ1) is 15.8. The van der Waals surface area contributed by atoms with E-state index in [-0.39, 0.29) is 5.91 Å². The minimum Gasteiger partial charge on any atom is -0.336 e. The summed E-state index contributed by atoms with van der Waals surface area (Å²) in [5.41, 5.74) is 4.46. The second-order valence-corrected chi connectivity index (χ2v) is 6.67. The first-order chi connectivity index (χ1) is 12.2. The van der Waals surface area contributed by atoms with Gasteiger partial charge >= 0.3 is 0 Å². The van der Waals surface area contributed by atoms with E-state index in [2.05, 4.69) is 17.0 Å². The normalized spacial score (nSPS) is 17.4. The van der Waals surface area contributed by atoms with Crippen LogP contribution >= 0.6 is 0 Å². The molecule has 1 saturated heterocycles. The van der Waals surface area contributed by atoms with Crippen LogP contribution in [0.3, 0.4) is 0 Å². The highest BCUT2D eigenvalue weighted by atomic mass is 16.2. The number of imidazole rings is 1. The van der Waals surface area contributed by atoms with Gasteiger partial charge in [-0.1, -0.05) is 19.1 Å². The van der Waals surface area contributed by atoms with Gasteiger partial charge in [-0.05, 0) is 50.5 Å². The van der Waals surface area contributed by atoms with Crippen LogP contribution < -0.4 is 0 Å². The molecule has 1 aliphatic rings. The Bertz CT molecular complexity index is 913. The number of rotatable bonds is 3. The molecule has 25 heavy (non-hydrogen) atoms. The third-order valence-corrected chi connectivity index (χ3v) is 5.03. The molecule has 0 spiro atoms. The molecular formula is C20H22N4O. The number of nitrogens with zero attached hydrogens (tertiary/aromatic N) is 4. The number of benzene rings is 1. The summed E-state index contributed by atoms with van der Waals surface area (Å²) in [6, 6.07) is 12.1. The maximum atomic E-state index is 12.8. The summed E-state index contributed by atoms with van der Waals surface area (Å²) in [5, 5.41) is 4.53. The summed E-state index contributed by atoms with van der Waals surface area (Å²) in [6.45, 7) is 4.99. The van der Waals surface area contributed by atoms with Crippen LogP contribution in [0.25, 0.3) is 16.9 Å². The average molecular weight is 334 g/mol. The number of hydrogen-bond acceptors (Lipinski definition) is 3. The molecule has 0 aliphatic carbocycles. The van der Waals surface area contributed by atoms with Crippen molar-refractivity contribution >= 4 is 11.6 Å². The molecule has 0 saturated carbocycles. The van der Waals surface area contributed by atoms with Crippen LogP contribution in [0.5, 0.6) is 0 Å². The van der Waals surface area contributed by atoms with Crippen molar-refractivity contribution < 1.29 is 4.79 Å². The maximum Gasteiger partial charge on any atom is 0.254 e. The van der Waals surface area contributed by atoms with E-state index < -0.39 is 0 Å². The lowest BCUT2D eigenvalue weighted by Crippen LogP contribution is -2.35. The second kappa shape index (κ2) is 6.31. The standard InChI is InChI=1S/C20H22N4O/c1-3-17-5-4-12-23(17)20(25)16-9-7-15(8-10-16)18-13-21-19-11-6-14(2)22-24(18)19/h6-11,13,17H,3-5,12H2,1-2H3. The van der Waals surface area contributed by atoms with Crippen molar-refractivity contribution in [2.45, 2.75) is 39.2 Å². The molecule has 3 aromatic rings. The van der Waals surface area contributed by atoms with Crippen molar-refractivity contribution in [3.8, 4) is 11.3 Å². The number of carbonyl (C=O) groups is 1. The van der Waals surface area contributed by atoms with Gasteiger partial charge in [-0.15, -0.1) is 0 Å². The number of fused-ring (bicyclic) bond motifs is 1. The Morgan fingerprint density at radius 3 is 2.76 bits per heavy atom. The minimum absolute atomic E-state index is 0.142. The number of hydrogen-bond donors (Lipinski definition) is 0. The van der Waals surface area contributed by atoms with Gasteiger partial charge in [0.25, 0.3) is 5.91 Å². The number of carbonyl (C=O) groups excluding carboxylic acids is 1. The van der Waals surface area contributed by atoms with Gasteiger partial charge in [-0.3, -0.25) is 4.79 Å². The lowest BCUT2D eigenvalue weighted by atomic mass is 10.1. The van der Waals surface area contributed by atoms with Gasteiger partial charge in [0.1, 0.15) is 0 Å². The van der Waals surface area contributed by atoms with E-state index in [1.54, 1.807) is 0 Å². The SMILES string of the molecule is CCC1CCCN1C(=O)c1ccc(-c2cnc3ccc(C)nn23)cc1. The predicted octanol–water partition coefficient (Wildman–Crippen LogP) is 3.72. The van der Waals surface area contributed by atoms with Crippen LogP contribution in [-0.4, -0.2) is 38.0 Å². The van der Waals surface area contributed by atoms with E-state index in [4.69, 9.17) is 0 Å². The molecule has 4 rings (SSSR count). The van der Waals surface area contributed by atoms with Crippen LogP contribution in [0.1, 0.15) is 42.2 Å². The minimum atomic E-state index is 0.142. The zero-order valence-electron chi connectivity index (χ0n) is 14.6.